The third kappa shape index (κ3) is 2.86. The number of amides is 2. The molecule has 2 saturated heterocycles. The minimum Gasteiger partial charge on any atom is -0.477 e. The minimum atomic E-state index is -1.17. The lowest BCUT2D eigenvalue weighted by Gasteiger charge is -2.44. The summed E-state index contributed by atoms with van der Waals surface area (Å²) in [5, 5.41) is 27.0. The summed E-state index contributed by atoms with van der Waals surface area (Å²) < 4.78 is 0. The van der Waals surface area contributed by atoms with Gasteiger partial charge in [0.25, 0.3) is 0 Å². The average Bonchev–Trinajstić information content (AvgIpc) is 3.07. The highest BCUT2D eigenvalue weighted by molar-refractivity contribution is 8.03. The number of aliphatic hydroxyl groups excluding tert-OH is 1. The van der Waals surface area contributed by atoms with Crippen molar-refractivity contribution in [3.05, 3.63) is 10.6 Å². The van der Waals surface area contributed by atoms with Crippen LogP contribution in [0.25, 0.3) is 0 Å². The van der Waals surface area contributed by atoms with Gasteiger partial charge in [0.15, 0.2) is 0 Å². The molecule has 26 heavy (non-hydrogen) atoms. The number of likely N-dealkylation sites (tertiary alicyclic amines) is 1. The predicted octanol–water partition coefficient (Wildman–Crippen LogP) is -0.447. The monoisotopic (exact) mass is 382 g/mol. The van der Waals surface area contributed by atoms with Gasteiger partial charge in [0.1, 0.15) is 11.7 Å². The van der Waals surface area contributed by atoms with Crippen molar-refractivity contribution >= 4 is 35.4 Å². The van der Waals surface area contributed by atoms with Crippen LogP contribution in [-0.2, 0) is 14.4 Å². The molecule has 3 heterocycles. The fourth-order valence-corrected chi connectivity index (χ4v) is 5.54. The van der Waals surface area contributed by atoms with Crippen molar-refractivity contribution in [1.29, 1.82) is 5.41 Å². The van der Waals surface area contributed by atoms with Gasteiger partial charge in [0.2, 0.25) is 11.8 Å². The number of carbonyl (C=O) groups excluding carboxylic acids is 2. The van der Waals surface area contributed by atoms with Crippen LogP contribution in [-0.4, -0.2) is 73.6 Å². The SMILES string of the molecule is CC(=N)N1C[C@@H](SC2=C(C(=O)O)N3C(=O)[C@H](C(C)O)[C@H]3C2)C[C@H]1C(N)=O. The topological polar surface area (TPSA) is 148 Å². The lowest BCUT2D eigenvalue weighted by molar-refractivity contribution is -0.161. The first kappa shape index (κ1) is 18.7. The Morgan fingerprint density at radius 3 is 2.54 bits per heavy atom. The maximum atomic E-state index is 12.2. The molecule has 0 aromatic carbocycles. The normalized spacial score (nSPS) is 31.7. The number of hydrogen-bond acceptors (Lipinski definition) is 6. The quantitative estimate of drug-likeness (QED) is 0.286. The Morgan fingerprint density at radius 1 is 1.42 bits per heavy atom. The van der Waals surface area contributed by atoms with E-state index in [4.69, 9.17) is 11.1 Å². The summed E-state index contributed by atoms with van der Waals surface area (Å²) in [6.45, 7) is 3.53. The van der Waals surface area contributed by atoms with E-state index >= 15 is 0 Å². The molecule has 142 valence electrons. The lowest BCUT2D eigenvalue weighted by atomic mass is 9.83. The summed E-state index contributed by atoms with van der Waals surface area (Å²) in [5.41, 5.74) is 5.40. The summed E-state index contributed by atoms with van der Waals surface area (Å²) in [4.78, 5) is 39.0. The van der Waals surface area contributed by atoms with Gasteiger partial charge < -0.3 is 25.7 Å². The molecule has 3 aliphatic heterocycles. The van der Waals surface area contributed by atoms with Gasteiger partial charge in [-0.05, 0) is 20.3 Å². The molecule has 9 nitrogen and oxygen atoms in total. The number of rotatable bonds is 5. The predicted molar refractivity (Wildman–Crippen MR) is 94.2 cm³/mol. The molecule has 0 aliphatic carbocycles. The van der Waals surface area contributed by atoms with Crippen LogP contribution in [0.4, 0.5) is 0 Å². The number of amidine groups is 1. The molecular formula is C16H22N4O5S. The molecule has 2 amide bonds. The van der Waals surface area contributed by atoms with Crippen LogP contribution in [0.5, 0.6) is 0 Å². The Balaban J connectivity index is 1.79. The van der Waals surface area contributed by atoms with Crippen molar-refractivity contribution in [2.45, 2.75) is 50.1 Å². The highest BCUT2D eigenvalue weighted by Gasteiger charge is 2.57. The summed E-state index contributed by atoms with van der Waals surface area (Å²) in [7, 11) is 0. The maximum absolute atomic E-state index is 12.2. The number of carboxylic acids is 1. The van der Waals surface area contributed by atoms with E-state index in [1.54, 1.807) is 11.8 Å². The molecule has 2 fully saturated rings. The molecule has 0 bridgehead atoms. The molecule has 5 atom stereocenters. The van der Waals surface area contributed by atoms with Crippen molar-refractivity contribution in [3.63, 3.8) is 0 Å². The first-order valence-electron chi connectivity index (χ1n) is 8.38. The lowest BCUT2D eigenvalue weighted by Crippen LogP contribution is -2.61. The van der Waals surface area contributed by atoms with Gasteiger partial charge in [-0.25, -0.2) is 4.79 Å². The van der Waals surface area contributed by atoms with Crippen LogP contribution in [0.2, 0.25) is 0 Å². The van der Waals surface area contributed by atoms with E-state index in [-0.39, 0.29) is 28.7 Å². The van der Waals surface area contributed by atoms with E-state index in [2.05, 4.69) is 0 Å². The first-order valence-corrected chi connectivity index (χ1v) is 9.26. The van der Waals surface area contributed by atoms with Crippen LogP contribution in [0.15, 0.2) is 10.6 Å². The Labute approximate surface area is 154 Å². The van der Waals surface area contributed by atoms with Crippen molar-refractivity contribution < 1.29 is 24.6 Å². The number of β-lactam (4-membered cyclic amide) rings is 1. The van der Waals surface area contributed by atoms with Crippen molar-refractivity contribution in [2.24, 2.45) is 11.7 Å². The standard InChI is InChI=1S/C16H22N4O5S/c1-6(21)12-9-4-11(13(16(24)25)20(9)15(12)23)26-8-3-10(14(18)22)19(5-8)7(2)17/h6,8-10,12,17,21H,3-5H2,1-2H3,(H2,18,22)(H,24,25)/t6?,8-,9+,10-,12+/m0/s1. The Kier molecular flexibility index (Phi) is 4.74. The second kappa shape index (κ2) is 6.58. The van der Waals surface area contributed by atoms with E-state index < -0.39 is 29.9 Å². The molecule has 0 saturated carbocycles. The van der Waals surface area contributed by atoms with Crippen LogP contribution >= 0.6 is 11.8 Å². The molecule has 3 rings (SSSR count). The van der Waals surface area contributed by atoms with Crippen LogP contribution in [0, 0.1) is 11.3 Å². The number of carboxylic acid groups (broad SMARTS) is 1. The summed E-state index contributed by atoms with van der Waals surface area (Å²) >= 11 is 1.33. The largest absolute Gasteiger partial charge is 0.477 e. The summed E-state index contributed by atoms with van der Waals surface area (Å²) in [6, 6.07) is -0.908. The Morgan fingerprint density at radius 2 is 2.08 bits per heavy atom. The highest BCUT2D eigenvalue weighted by atomic mass is 32.2. The zero-order valence-electron chi connectivity index (χ0n) is 14.5. The third-order valence-corrected chi connectivity index (χ3v) is 6.54. The van der Waals surface area contributed by atoms with Gasteiger partial charge >= 0.3 is 5.97 Å². The van der Waals surface area contributed by atoms with Gasteiger partial charge in [-0.2, -0.15) is 0 Å². The molecule has 1 unspecified atom stereocenters. The number of primary amides is 1. The van der Waals surface area contributed by atoms with E-state index in [0.29, 0.717) is 24.3 Å². The molecule has 3 aliphatic rings. The number of hydrogen-bond donors (Lipinski definition) is 4. The van der Waals surface area contributed by atoms with Gasteiger partial charge in [0.05, 0.1) is 23.9 Å². The summed E-state index contributed by atoms with van der Waals surface area (Å²) in [6.07, 6.45) is -0.0232. The zero-order chi connectivity index (χ0) is 19.3. The number of nitrogens with one attached hydrogen (secondary N) is 1. The molecule has 0 aromatic heterocycles. The van der Waals surface area contributed by atoms with Gasteiger partial charge in [-0.3, -0.25) is 15.0 Å². The number of carbonyl (C=O) groups is 3. The molecule has 0 aromatic rings. The maximum Gasteiger partial charge on any atom is 0.353 e. The van der Waals surface area contributed by atoms with Crippen molar-refractivity contribution in [2.75, 3.05) is 6.54 Å². The first-order chi connectivity index (χ1) is 12.1. The van der Waals surface area contributed by atoms with Crippen LogP contribution in [0.3, 0.4) is 0 Å². The number of fused-ring (bicyclic) bond motifs is 1. The fourth-order valence-electron chi connectivity index (χ4n) is 4.06. The van der Waals surface area contributed by atoms with Gasteiger partial charge in [-0.1, -0.05) is 0 Å². The second-order valence-electron chi connectivity index (χ2n) is 6.95. The van der Waals surface area contributed by atoms with Crippen LogP contribution in [0.1, 0.15) is 26.7 Å². The average molecular weight is 382 g/mol. The third-order valence-electron chi connectivity index (χ3n) is 5.22. The number of aliphatic carboxylic acids is 1. The molecule has 10 heteroatoms. The number of aliphatic hydroxyl groups is 1. The van der Waals surface area contributed by atoms with Crippen molar-refractivity contribution in [1.82, 2.24) is 9.80 Å². The molecule has 0 spiro atoms. The molecule has 5 N–H and O–H groups in total. The molecular weight excluding hydrogens is 360 g/mol. The Bertz CT molecular complexity index is 699. The van der Waals surface area contributed by atoms with E-state index in [9.17, 15) is 24.6 Å². The molecule has 0 radical (unpaired) electrons. The van der Waals surface area contributed by atoms with Gasteiger partial charge in [-0.15, -0.1) is 11.8 Å². The van der Waals surface area contributed by atoms with E-state index in [0.717, 1.165) is 0 Å². The highest BCUT2D eigenvalue weighted by Crippen LogP contribution is 2.49. The zero-order valence-corrected chi connectivity index (χ0v) is 15.3. The Hall–Kier alpha value is -2.07. The van der Waals surface area contributed by atoms with E-state index in [1.807, 2.05) is 0 Å². The van der Waals surface area contributed by atoms with Crippen LogP contribution < -0.4 is 5.73 Å². The fraction of sp³-hybridized carbons (Fsp3) is 0.625. The number of nitrogens with zero attached hydrogens (tertiary/aromatic N) is 2. The number of nitrogens with two attached hydrogens (primary N) is 1. The summed E-state index contributed by atoms with van der Waals surface area (Å²) in [5.74, 6) is -2.38. The number of thioether (sulfide) groups is 1. The van der Waals surface area contributed by atoms with E-state index in [1.165, 1.54) is 23.6 Å². The smallest absolute Gasteiger partial charge is 0.353 e. The minimum absolute atomic E-state index is 0.0254. The van der Waals surface area contributed by atoms with Crippen molar-refractivity contribution in [3.8, 4) is 0 Å². The second-order valence-corrected chi connectivity index (χ2v) is 8.35. The van der Waals surface area contributed by atoms with Gasteiger partial charge in [0, 0.05) is 23.1 Å².